The van der Waals surface area contributed by atoms with Crippen LogP contribution in [-0.2, 0) is 28.6 Å². The molecule has 0 spiro atoms. The third kappa shape index (κ3) is 45.5. The van der Waals surface area contributed by atoms with Crippen LogP contribution in [0.15, 0.2) is 0 Å². The fourth-order valence-electron chi connectivity index (χ4n) is 7.81. The smallest absolute Gasteiger partial charge is 0.306 e. The van der Waals surface area contributed by atoms with Gasteiger partial charge in [-0.2, -0.15) is 0 Å². The summed E-state index contributed by atoms with van der Waals surface area (Å²) in [6, 6.07) is 0. The van der Waals surface area contributed by atoms with Crippen LogP contribution in [0, 0.1) is 11.8 Å². The van der Waals surface area contributed by atoms with Gasteiger partial charge in [-0.25, -0.2) is 0 Å². The van der Waals surface area contributed by atoms with Gasteiger partial charge in [0, 0.05) is 19.3 Å². The van der Waals surface area contributed by atoms with E-state index in [0.29, 0.717) is 19.3 Å². The topological polar surface area (TPSA) is 78.9 Å². The Kier molecular flexibility index (Phi) is 43.7. The van der Waals surface area contributed by atoms with Crippen LogP contribution in [0.3, 0.4) is 0 Å². The lowest BCUT2D eigenvalue weighted by Gasteiger charge is -2.18. The van der Waals surface area contributed by atoms with Crippen molar-refractivity contribution in [3.63, 3.8) is 0 Å². The van der Waals surface area contributed by atoms with Gasteiger partial charge in [0.1, 0.15) is 13.2 Å². The van der Waals surface area contributed by atoms with Crippen LogP contribution in [-0.4, -0.2) is 37.2 Å². The Morgan fingerprint density at radius 3 is 0.845 bits per heavy atom. The van der Waals surface area contributed by atoms with E-state index >= 15 is 0 Å². The average molecular weight is 821 g/mol. The molecule has 344 valence electrons. The molecule has 0 aromatic carbocycles. The summed E-state index contributed by atoms with van der Waals surface area (Å²) in [7, 11) is 0. The van der Waals surface area contributed by atoms with Crippen molar-refractivity contribution in [3.8, 4) is 0 Å². The first-order valence-electron chi connectivity index (χ1n) is 25.7. The molecule has 0 bridgehead atoms. The normalized spacial score (nSPS) is 12.1. The number of unbranched alkanes of at least 4 members (excludes halogenated alkanes) is 31. The molecule has 1 atom stereocenters. The maximum atomic E-state index is 12.7. The molecule has 0 fully saturated rings. The molecule has 0 saturated carbocycles. The molecule has 0 heterocycles. The molecule has 0 aliphatic carbocycles. The van der Waals surface area contributed by atoms with Gasteiger partial charge in [-0.05, 0) is 31.1 Å². The lowest BCUT2D eigenvalue weighted by Crippen LogP contribution is -2.30. The van der Waals surface area contributed by atoms with Crippen molar-refractivity contribution in [2.45, 2.75) is 291 Å². The van der Waals surface area contributed by atoms with Crippen molar-refractivity contribution >= 4 is 17.9 Å². The molecule has 0 aromatic heterocycles. The highest BCUT2D eigenvalue weighted by Gasteiger charge is 2.19. The molecular formula is C52H100O6. The molecule has 0 amide bonds. The Morgan fingerprint density at radius 1 is 0.328 bits per heavy atom. The van der Waals surface area contributed by atoms with E-state index in [9.17, 15) is 14.4 Å². The number of hydrogen-bond donors (Lipinski definition) is 0. The molecule has 6 nitrogen and oxygen atoms in total. The zero-order valence-electron chi connectivity index (χ0n) is 39.7. The summed E-state index contributed by atoms with van der Waals surface area (Å²) in [5.74, 6) is 0.779. The number of rotatable bonds is 46. The summed E-state index contributed by atoms with van der Waals surface area (Å²) in [5.41, 5.74) is 0. The van der Waals surface area contributed by atoms with Crippen molar-refractivity contribution in [2.24, 2.45) is 11.8 Å². The fraction of sp³-hybridized carbons (Fsp3) is 0.942. The van der Waals surface area contributed by atoms with Crippen molar-refractivity contribution in [3.05, 3.63) is 0 Å². The van der Waals surface area contributed by atoms with Crippen LogP contribution < -0.4 is 0 Å². The largest absolute Gasteiger partial charge is 0.462 e. The first-order chi connectivity index (χ1) is 28.2. The minimum Gasteiger partial charge on any atom is -0.462 e. The number of carbonyl (C=O) groups excluding carboxylic acids is 3. The van der Waals surface area contributed by atoms with E-state index in [1.54, 1.807) is 0 Å². The van der Waals surface area contributed by atoms with Crippen molar-refractivity contribution in [1.29, 1.82) is 0 Å². The van der Waals surface area contributed by atoms with Gasteiger partial charge in [0.25, 0.3) is 0 Å². The van der Waals surface area contributed by atoms with Gasteiger partial charge in [0.2, 0.25) is 0 Å². The third-order valence-electron chi connectivity index (χ3n) is 11.7. The van der Waals surface area contributed by atoms with Gasteiger partial charge in [0.05, 0.1) is 0 Å². The second-order valence-corrected chi connectivity index (χ2v) is 18.8. The van der Waals surface area contributed by atoms with E-state index in [0.717, 1.165) is 69.6 Å². The minimum absolute atomic E-state index is 0.0641. The van der Waals surface area contributed by atoms with Crippen molar-refractivity contribution in [1.82, 2.24) is 0 Å². The summed E-state index contributed by atoms with van der Waals surface area (Å²) < 4.78 is 16.8. The SMILES string of the molecule is CCCCCCCCCCCCCCC(=O)O[C@H](COC(=O)CCCCCCCCCCCCCCCCCC(C)C)COC(=O)CCCCCCCCCC(C)C. The number of esters is 3. The second-order valence-electron chi connectivity index (χ2n) is 18.8. The van der Waals surface area contributed by atoms with Gasteiger partial charge in [-0.15, -0.1) is 0 Å². The van der Waals surface area contributed by atoms with Gasteiger partial charge < -0.3 is 14.2 Å². The molecule has 0 N–H and O–H groups in total. The average Bonchev–Trinajstić information content (AvgIpc) is 3.19. The highest BCUT2D eigenvalue weighted by Crippen LogP contribution is 2.17. The lowest BCUT2D eigenvalue weighted by atomic mass is 10.0. The van der Waals surface area contributed by atoms with Crippen molar-refractivity contribution in [2.75, 3.05) is 13.2 Å². The third-order valence-corrected chi connectivity index (χ3v) is 11.7. The predicted octanol–water partition coefficient (Wildman–Crippen LogP) is 16.5. The lowest BCUT2D eigenvalue weighted by molar-refractivity contribution is -0.167. The van der Waals surface area contributed by atoms with Gasteiger partial charge in [-0.1, -0.05) is 247 Å². The Bertz CT molecular complexity index is 885. The number of carbonyl (C=O) groups is 3. The van der Waals surface area contributed by atoms with Gasteiger partial charge in [0.15, 0.2) is 6.10 Å². The number of ether oxygens (including phenoxy) is 3. The fourth-order valence-corrected chi connectivity index (χ4v) is 7.81. The van der Waals surface area contributed by atoms with E-state index in [1.807, 2.05) is 0 Å². The molecular weight excluding hydrogens is 721 g/mol. The second kappa shape index (κ2) is 44.9. The predicted molar refractivity (Wildman–Crippen MR) is 247 cm³/mol. The van der Waals surface area contributed by atoms with Gasteiger partial charge >= 0.3 is 17.9 Å². The minimum atomic E-state index is -0.761. The number of hydrogen-bond acceptors (Lipinski definition) is 6. The van der Waals surface area contributed by atoms with Crippen LogP contribution in [0.2, 0.25) is 0 Å². The van der Waals surface area contributed by atoms with E-state index in [1.165, 1.54) is 173 Å². The first kappa shape index (κ1) is 56.4. The summed E-state index contributed by atoms with van der Waals surface area (Å²) in [4.78, 5) is 37.9. The van der Waals surface area contributed by atoms with E-state index in [2.05, 4.69) is 34.6 Å². The summed E-state index contributed by atoms with van der Waals surface area (Å²) in [5, 5.41) is 0. The summed E-state index contributed by atoms with van der Waals surface area (Å²) in [6.07, 6.45) is 45.2. The molecule has 0 radical (unpaired) electrons. The Balaban J connectivity index is 4.25. The molecule has 0 aromatic rings. The Morgan fingerprint density at radius 2 is 0.569 bits per heavy atom. The van der Waals surface area contributed by atoms with Gasteiger partial charge in [-0.3, -0.25) is 14.4 Å². The monoisotopic (exact) mass is 821 g/mol. The van der Waals surface area contributed by atoms with E-state index in [4.69, 9.17) is 14.2 Å². The molecule has 0 rings (SSSR count). The van der Waals surface area contributed by atoms with Crippen LogP contribution >= 0.6 is 0 Å². The van der Waals surface area contributed by atoms with E-state index in [-0.39, 0.29) is 31.1 Å². The maximum absolute atomic E-state index is 12.7. The highest BCUT2D eigenvalue weighted by molar-refractivity contribution is 5.71. The zero-order chi connectivity index (χ0) is 42.6. The van der Waals surface area contributed by atoms with Crippen LogP contribution in [0.5, 0.6) is 0 Å². The zero-order valence-corrected chi connectivity index (χ0v) is 39.7. The molecule has 58 heavy (non-hydrogen) atoms. The molecule has 0 aliphatic rings. The molecule has 0 aliphatic heterocycles. The highest BCUT2D eigenvalue weighted by atomic mass is 16.6. The molecule has 0 saturated heterocycles. The summed E-state index contributed by atoms with van der Waals surface area (Å²) in [6.45, 7) is 11.3. The Hall–Kier alpha value is -1.59. The maximum Gasteiger partial charge on any atom is 0.306 e. The standard InChI is InChI=1S/C52H100O6/c1-6-7-8-9-10-11-12-19-23-28-34-39-44-52(55)58-49(46-57-51(54)43-38-33-29-24-26-31-36-41-48(4)5)45-56-50(53)42-37-32-27-22-20-17-15-13-14-16-18-21-25-30-35-40-47(2)3/h47-49H,6-46H2,1-5H3/t49-/m1/s1. The molecule has 6 heteroatoms. The first-order valence-corrected chi connectivity index (χ1v) is 25.7. The van der Waals surface area contributed by atoms with Crippen LogP contribution in [0.1, 0.15) is 285 Å². The van der Waals surface area contributed by atoms with Crippen molar-refractivity contribution < 1.29 is 28.6 Å². The summed E-state index contributed by atoms with van der Waals surface area (Å²) >= 11 is 0. The quantitative estimate of drug-likeness (QED) is 0.0346. The molecule has 0 unspecified atom stereocenters. The van der Waals surface area contributed by atoms with Crippen LogP contribution in [0.4, 0.5) is 0 Å². The van der Waals surface area contributed by atoms with E-state index < -0.39 is 6.10 Å². The van der Waals surface area contributed by atoms with Crippen LogP contribution in [0.25, 0.3) is 0 Å². The Labute approximate surface area is 361 Å².